The highest BCUT2D eigenvalue weighted by atomic mass is 35.5. The van der Waals surface area contributed by atoms with Gasteiger partial charge in [0, 0.05) is 36.1 Å². The zero-order valence-electron chi connectivity index (χ0n) is 23.7. The molecule has 0 saturated carbocycles. The molecular weight excluding hydrogens is 532 g/mol. The quantitative estimate of drug-likeness (QED) is 0.385. The fraction of sp³-hybridized carbons (Fsp3) is 0.600. The summed E-state index contributed by atoms with van der Waals surface area (Å²) in [6.45, 7) is 14.6. The van der Waals surface area contributed by atoms with Gasteiger partial charge in [-0.05, 0) is 67.4 Å². The second-order valence-electron chi connectivity index (χ2n) is 11.1. The van der Waals surface area contributed by atoms with Crippen molar-refractivity contribution in [3.63, 3.8) is 0 Å². The molecule has 2 amide bonds. The van der Waals surface area contributed by atoms with Gasteiger partial charge in [0.1, 0.15) is 23.9 Å². The van der Waals surface area contributed by atoms with Crippen molar-refractivity contribution in [2.45, 2.75) is 71.6 Å². The molecule has 1 spiro atoms. The van der Waals surface area contributed by atoms with Gasteiger partial charge >= 0.3 is 0 Å². The summed E-state index contributed by atoms with van der Waals surface area (Å²) in [7, 11) is 0. The molecule has 214 valence electrons. The normalized spacial score (nSPS) is 19.8. The molecular formula is C30H43ClN4O3S. The fourth-order valence-corrected chi connectivity index (χ4v) is 6.62. The maximum Gasteiger partial charge on any atom is 0.246 e. The van der Waals surface area contributed by atoms with E-state index >= 15 is 0 Å². The Balaban J connectivity index is 1.40. The smallest absolute Gasteiger partial charge is 0.246 e. The van der Waals surface area contributed by atoms with E-state index in [0.29, 0.717) is 49.9 Å². The molecule has 0 aliphatic carbocycles. The molecule has 39 heavy (non-hydrogen) atoms. The maximum atomic E-state index is 13.7. The van der Waals surface area contributed by atoms with Gasteiger partial charge in [-0.2, -0.15) is 0 Å². The number of rotatable bonds is 12. The lowest BCUT2D eigenvalue weighted by Crippen LogP contribution is -2.72. The Hall–Kier alpha value is -2.13. The van der Waals surface area contributed by atoms with Gasteiger partial charge < -0.3 is 19.9 Å². The summed E-state index contributed by atoms with van der Waals surface area (Å²) < 4.78 is 5.93. The lowest BCUT2D eigenvalue weighted by Gasteiger charge is -2.51. The number of thiophene rings is 1. The molecule has 1 N–H and O–H groups in total. The number of carbonyl (C=O) groups is 2. The molecule has 1 aromatic heterocycles. The van der Waals surface area contributed by atoms with E-state index in [0.717, 1.165) is 48.9 Å². The number of nitrogens with one attached hydrogen (secondary N) is 1. The van der Waals surface area contributed by atoms with Gasteiger partial charge in [-0.1, -0.05) is 51.4 Å². The molecule has 1 atom stereocenters. The van der Waals surface area contributed by atoms with E-state index < -0.39 is 11.6 Å². The molecule has 3 heterocycles. The van der Waals surface area contributed by atoms with Crippen molar-refractivity contribution in [2.75, 3.05) is 39.3 Å². The number of hydrogen-bond acceptors (Lipinski definition) is 6. The number of amides is 2. The Labute approximate surface area is 242 Å². The van der Waals surface area contributed by atoms with Gasteiger partial charge in [0.25, 0.3) is 0 Å². The third kappa shape index (κ3) is 7.15. The number of piperidine rings is 1. The van der Waals surface area contributed by atoms with Crippen LogP contribution in [0.15, 0.2) is 35.7 Å². The molecule has 7 nitrogen and oxygen atoms in total. The third-order valence-electron chi connectivity index (χ3n) is 8.08. The molecule has 9 heteroatoms. The summed E-state index contributed by atoms with van der Waals surface area (Å²) >= 11 is 8.29. The SMILES string of the molecule is CCN(CC)CCOc1ccc(CN2CCC3(CC2)C(=O)NC(CC(C)C)C(=O)N3Cc2cccs2)c(Cl)c1. The first-order valence-corrected chi connectivity index (χ1v) is 15.5. The topological polar surface area (TPSA) is 65.1 Å². The lowest BCUT2D eigenvalue weighted by atomic mass is 9.80. The zero-order chi connectivity index (χ0) is 28.0. The number of likely N-dealkylation sites (N-methyl/N-ethyl adjacent to an activating group) is 1. The van der Waals surface area contributed by atoms with Gasteiger partial charge in [-0.15, -0.1) is 11.3 Å². The first-order valence-electron chi connectivity index (χ1n) is 14.3. The van der Waals surface area contributed by atoms with Crippen LogP contribution in [-0.2, 0) is 22.7 Å². The Morgan fingerprint density at radius 2 is 1.90 bits per heavy atom. The number of piperazine rings is 1. The van der Waals surface area contributed by atoms with Crippen LogP contribution in [0, 0.1) is 5.92 Å². The highest BCUT2D eigenvalue weighted by Crippen LogP contribution is 2.36. The van der Waals surface area contributed by atoms with Gasteiger partial charge in [-0.25, -0.2) is 0 Å². The second kappa shape index (κ2) is 13.5. The average Bonchev–Trinajstić information content (AvgIpc) is 3.43. The van der Waals surface area contributed by atoms with Crippen LogP contribution in [0.5, 0.6) is 5.75 Å². The third-order valence-corrected chi connectivity index (χ3v) is 9.30. The van der Waals surface area contributed by atoms with Crippen molar-refractivity contribution in [1.29, 1.82) is 0 Å². The van der Waals surface area contributed by atoms with Gasteiger partial charge in [0.2, 0.25) is 11.8 Å². The van der Waals surface area contributed by atoms with Crippen LogP contribution in [0.4, 0.5) is 0 Å². The molecule has 0 bridgehead atoms. The minimum Gasteiger partial charge on any atom is -0.492 e. The van der Waals surface area contributed by atoms with Crippen LogP contribution in [-0.4, -0.2) is 77.4 Å². The number of nitrogens with zero attached hydrogens (tertiary/aromatic N) is 3. The Kier molecular flexibility index (Phi) is 10.3. The van der Waals surface area contributed by atoms with E-state index in [1.807, 2.05) is 40.6 Å². The summed E-state index contributed by atoms with van der Waals surface area (Å²) in [5, 5.41) is 5.81. The van der Waals surface area contributed by atoms with E-state index in [-0.39, 0.29) is 11.8 Å². The van der Waals surface area contributed by atoms with Crippen LogP contribution in [0.25, 0.3) is 0 Å². The molecule has 2 saturated heterocycles. The molecule has 2 aromatic rings. The number of carbonyl (C=O) groups excluding carboxylic acids is 2. The number of ether oxygens (including phenoxy) is 1. The van der Waals surface area contributed by atoms with Crippen LogP contribution >= 0.6 is 22.9 Å². The average molecular weight is 575 g/mol. The van der Waals surface area contributed by atoms with Crippen LogP contribution < -0.4 is 10.1 Å². The molecule has 2 fully saturated rings. The maximum absolute atomic E-state index is 13.7. The summed E-state index contributed by atoms with van der Waals surface area (Å²) in [6.07, 6.45) is 1.87. The predicted octanol–water partition coefficient (Wildman–Crippen LogP) is 5.03. The molecule has 0 radical (unpaired) electrons. The predicted molar refractivity (Wildman–Crippen MR) is 158 cm³/mol. The highest BCUT2D eigenvalue weighted by molar-refractivity contribution is 7.09. The monoisotopic (exact) mass is 574 g/mol. The van der Waals surface area contributed by atoms with Gasteiger partial charge in [0.05, 0.1) is 6.54 Å². The van der Waals surface area contributed by atoms with E-state index in [2.05, 4.69) is 42.8 Å². The van der Waals surface area contributed by atoms with E-state index in [9.17, 15) is 9.59 Å². The summed E-state index contributed by atoms with van der Waals surface area (Å²) in [6, 6.07) is 9.52. The standard InChI is InChI=1S/C30H43ClN4O3S/c1-5-33(6-2)15-16-38-24-10-9-23(26(31)19-24)20-34-13-11-30(12-14-34)29(37)32-27(18-22(3)4)28(36)35(30)21-25-8-7-17-39-25/h7-10,17,19,22,27H,5-6,11-16,18,20-21H2,1-4H3,(H,32,37). The molecule has 1 aromatic carbocycles. The Morgan fingerprint density at radius 3 is 2.51 bits per heavy atom. The fourth-order valence-electron chi connectivity index (χ4n) is 5.69. The molecule has 2 aliphatic heterocycles. The Bertz CT molecular complexity index is 1100. The van der Waals surface area contributed by atoms with E-state index in [1.165, 1.54) is 0 Å². The number of hydrogen-bond donors (Lipinski definition) is 1. The van der Waals surface area contributed by atoms with Crippen molar-refractivity contribution in [2.24, 2.45) is 5.92 Å². The van der Waals surface area contributed by atoms with E-state index in [4.69, 9.17) is 16.3 Å². The zero-order valence-corrected chi connectivity index (χ0v) is 25.3. The van der Waals surface area contributed by atoms with Crippen LogP contribution in [0.3, 0.4) is 0 Å². The minimum absolute atomic E-state index is 0.00629. The second-order valence-corrected chi connectivity index (χ2v) is 12.5. The first kappa shape index (κ1) is 29.8. The number of likely N-dealkylation sites (tertiary alicyclic amines) is 1. The summed E-state index contributed by atoms with van der Waals surface area (Å²) in [5.74, 6) is 1.15. The van der Waals surface area contributed by atoms with Crippen LogP contribution in [0.1, 0.15) is 57.4 Å². The number of halogens is 1. The van der Waals surface area contributed by atoms with Crippen molar-refractivity contribution in [1.82, 2.24) is 20.0 Å². The largest absolute Gasteiger partial charge is 0.492 e. The minimum atomic E-state index is -0.808. The first-order chi connectivity index (χ1) is 18.8. The summed E-state index contributed by atoms with van der Waals surface area (Å²) in [4.78, 5) is 34.9. The molecule has 2 aliphatic rings. The number of benzene rings is 1. The van der Waals surface area contributed by atoms with Crippen LogP contribution in [0.2, 0.25) is 5.02 Å². The van der Waals surface area contributed by atoms with Gasteiger partial charge in [0.15, 0.2) is 0 Å². The summed E-state index contributed by atoms with van der Waals surface area (Å²) in [5.41, 5.74) is 0.234. The molecule has 1 unspecified atom stereocenters. The van der Waals surface area contributed by atoms with E-state index in [1.54, 1.807) is 11.3 Å². The molecule has 4 rings (SSSR count). The lowest BCUT2D eigenvalue weighted by molar-refractivity contribution is -0.162. The van der Waals surface area contributed by atoms with Crippen molar-refractivity contribution < 1.29 is 14.3 Å². The highest BCUT2D eigenvalue weighted by Gasteiger charge is 2.53. The Morgan fingerprint density at radius 1 is 1.15 bits per heavy atom. The van der Waals surface area contributed by atoms with Gasteiger partial charge in [-0.3, -0.25) is 14.5 Å². The van der Waals surface area contributed by atoms with Crippen molar-refractivity contribution >= 4 is 34.8 Å². The van der Waals surface area contributed by atoms with Crippen molar-refractivity contribution in [3.05, 3.63) is 51.2 Å². The van der Waals surface area contributed by atoms with Crippen molar-refractivity contribution in [3.8, 4) is 5.75 Å².